The standard InChI is InChI=1S/C15H29N3O3S2/c1-15(2,3)13(17-14(20)16-12-19)11-18(23(5)21)9-7-6-8-10-22-4/h6-8,10,13,19H,9,11-12H2,1-5H3,(H2,16,17,20)/b7-6+,10-8-/t13-,23?/m1/s1. The monoisotopic (exact) mass is 363 g/mol. The maximum absolute atomic E-state index is 12.0. The number of hydrogen-bond donors (Lipinski definition) is 3. The molecule has 0 fully saturated rings. The second-order valence-electron chi connectivity index (χ2n) is 5.99. The van der Waals surface area contributed by atoms with Crippen LogP contribution in [0.15, 0.2) is 23.6 Å². The Bertz CT molecular complexity index is 434. The average molecular weight is 364 g/mol. The molecule has 0 heterocycles. The van der Waals surface area contributed by atoms with Crippen molar-refractivity contribution in [1.82, 2.24) is 14.9 Å². The number of amides is 2. The summed E-state index contributed by atoms with van der Waals surface area (Å²) >= 11 is 1.61. The predicted octanol–water partition coefficient (Wildman–Crippen LogP) is 1.68. The number of rotatable bonds is 9. The van der Waals surface area contributed by atoms with Gasteiger partial charge >= 0.3 is 6.03 Å². The lowest BCUT2D eigenvalue weighted by molar-refractivity contribution is 0.193. The number of aliphatic hydroxyl groups excluding tert-OH is 1. The first-order chi connectivity index (χ1) is 10.7. The highest BCUT2D eigenvalue weighted by molar-refractivity contribution is 8.01. The number of thioether (sulfide) groups is 1. The molecule has 0 radical (unpaired) electrons. The number of allylic oxidation sites excluding steroid dienone is 2. The topological polar surface area (TPSA) is 81.7 Å². The number of aliphatic hydroxyl groups is 1. The van der Waals surface area contributed by atoms with Crippen LogP contribution in [0.3, 0.4) is 0 Å². The Morgan fingerprint density at radius 2 is 2.04 bits per heavy atom. The molecule has 0 aromatic rings. The van der Waals surface area contributed by atoms with Crippen LogP contribution < -0.4 is 10.6 Å². The van der Waals surface area contributed by atoms with E-state index in [1.54, 1.807) is 22.3 Å². The summed E-state index contributed by atoms with van der Waals surface area (Å²) in [7, 11) is -1.15. The zero-order valence-electron chi connectivity index (χ0n) is 14.5. The Kier molecular flexibility index (Phi) is 11.2. The maximum atomic E-state index is 12.0. The van der Waals surface area contributed by atoms with Crippen molar-refractivity contribution in [3.8, 4) is 0 Å². The smallest absolute Gasteiger partial charge is 0.316 e. The van der Waals surface area contributed by atoms with Crippen molar-refractivity contribution in [3.05, 3.63) is 23.6 Å². The van der Waals surface area contributed by atoms with Gasteiger partial charge in [-0.15, -0.1) is 11.8 Å². The third-order valence-electron chi connectivity index (χ3n) is 3.11. The molecule has 0 saturated carbocycles. The molecule has 2 amide bonds. The molecular formula is C15H29N3O3S2. The Hall–Kier alpha value is -0.830. The molecule has 0 rings (SSSR count). The van der Waals surface area contributed by atoms with E-state index in [0.717, 1.165) is 0 Å². The van der Waals surface area contributed by atoms with Gasteiger partial charge in [-0.2, -0.15) is 0 Å². The van der Waals surface area contributed by atoms with E-state index in [4.69, 9.17) is 5.11 Å². The molecule has 0 spiro atoms. The molecule has 0 bridgehead atoms. The van der Waals surface area contributed by atoms with E-state index in [9.17, 15) is 9.00 Å². The summed E-state index contributed by atoms with van der Waals surface area (Å²) in [5.41, 5.74) is -0.215. The summed E-state index contributed by atoms with van der Waals surface area (Å²) in [5.74, 6) is 0. The van der Waals surface area contributed by atoms with Gasteiger partial charge in [0.25, 0.3) is 0 Å². The van der Waals surface area contributed by atoms with E-state index >= 15 is 0 Å². The highest BCUT2D eigenvalue weighted by Gasteiger charge is 2.28. The lowest BCUT2D eigenvalue weighted by Gasteiger charge is -2.34. The first kappa shape index (κ1) is 22.2. The van der Waals surface area contributed by atoms with Crippen molar-refractivity contribution in [2.45, 2.75) is 26.8 Å². The number of urea groups is 1. The molecule has 0 aromatic heterocycles. The summed E-state index contributed by atoms with van der Waals surface area (Å²) in [6, 6.07) is -0.652. The molecule has 8 heteroatoms. The van der Waals surface area contributed by atoms with E-state index in [0.29, 0.717) is 13.1 Å². The summed E-state index contributed by atoms with van der Waals surface area (Å²) in [4.78, 5) is 11.7. The van der Waals surface area contributed by atoms with Gasteiger partial charge in [-0.1, -0.05) is 39.0 Å². The lowest BCUT2D eigenvalue weighted by atomic mass is 9.86. The van der Waals surface area contributed by atoms with Crippen molar-refractivity contribution in [2.24, 2.45) is 5.41 Å². The van der Waals surface area contributed by atoms with Crippen LogP contribution in [0.1, 0.15) is 20.8 Å². The Balaban J connectivity index is 4.87. The van der Waals surface area contributed by atoms with Crippen LogP contribution in [-0.4, -0.2) is 58.0 Å². The zero-order valence-corrected chi connectivity index (χ0v) is 16.2. The number of nitrogens with one attached hydrogen (secondary N) is 2. The van der Waals surface area contributed by atoms with Crippen molar-refractivity contribution in [2.75, 3.05) is 32.3 Å². The van der Waals surface area contributed by atoms with Crippen LogP contribution in [0.2, 0.25) is 0 Å². The van der Waals surface area contributed by atoms with Crippen LogP contribution in [0, 0.1) is 5.41 Å². The average Bonchev–Trinajstić information content (AvgIpc) is 2.43. The molecule has 0 aromatic carbocycles. The minimum atomic E-state index is -1.15. The van der Waals surface area contributed by atoms with Gasteiger partial charge in [0.2, 0.25) is 0 Å². The van der Waals surface area contributed by atoms with Crippen LogP contribution in [0.5, 0.6) is 0 Å². The second kappa shape index (κ2) is 11.7. The number of carbonyl (C=O) groups excluding carboxylic acids is 1. The molecule has 0 aliphatic rings. The third-order valence-corrected chi connectivity index (χ3v) is 4.57. The van der Waals surface area contributed by atoms with E-state index in [1.165, 1.54) is 0 Å². The minimum Gasteiger partial charge on any atom is -0.376 e. The fourth-order valence-corrected chi connectivity index (χ4v) is 2.59. The predicted molar refractivity (Wildman–Crippen MR) is 99.4 cm³/mol. The number of hydrogen-bond acceptors (Lipinski definition) is 4. The highest BCUT2D eigenvalue weighted by atomic mass is 32.2. The molecule has 0 saturated heterocycles. The third kappa shape index (κ3) is 10.5. The molecule has 1 unspecified atom stereocenters. The summed E-state index contributed by atoms with van der Waals surface area (Å²) in [5, 5.41) is 15.9. The molecule has 0 aliphatic carbocycles. The van der Waals surface area contributed by atoms with Gasteiger partial charge in [-0.05, 0) is 17.1 Å². The van der Waals surface area contributed by atoms with Crippen molar-refractivity contribution in [1.29, 1.82) is 0 Å². The fraction of sp³-hybridized carbons (Fsp3) is 0.667. The first-order valence-electron chi connectivity index (χ1n) is 7.30. The number of carbonyl (C=O) groups is 1. The quantitative estimate of drug-likeness (QED) is 0.430. The summed E-state index contributed by atoms with van der Waals surface area (Å²) < 4.78 is 13.7. The van der Waals surface area contributed by atoms with E-state index in [2.05, 4.69) is 10.6 Å². The molecule has 0 aliphatic heterocycles. The zero-order chi connectivity index (χ0) is 17.9. The minimum absolute atomic E-state index is 0.215. The molecule has 6 nitrogen and oxygen atoms in total. The number of nitrogens with zero attached hydrogens (tertiary/aromatic N) is 1. The van der Waals surface area contributed by atoms with Gasteiger partial charge in [-0.25, -0.2) is 13.3 Å². The van der Waals surface area contributed by atoms with E-state index in [-0.39, 0.29) is 11.5 Å². The molecule has 134 valence electrons. The van der Waals surface area contributed by atoms with Gasteiger partial charge in [-0.3, -0.25) is 0 Å². The largest absolute Gasteiger partial charge is 0.376 e. The molecule has 23 heavy (non-hydrogen) atoms. The van der Waals surface area contributed by atoms with E-state index < -0.39 is 23.7 Å². The van der Waals surface area contributed by atoms with Gasteiger partial charge in [0.1, 0.15) is 6.73 Å². The molecular weight excluding hydrogens is 334 g/mol. The van der Waals surface area contributed by atoms with Crippen LogP contribution in [-0.2, 0) is 11.0 Å². The van der Waals surface area contributed by atoms with E-state index in [1.807, 2.05) is 50.7 Å². The molecule has 3 N–H and O–H groups in total. The van der Waals surface area contributed by atoms with Gasteiger partial charge in [0, 0.05) is 25.4 Å². The Labute approximate surface area is 146 Å². The van der Waals surface area contributed by atoms with Crippen LogP contribution in [0.25, 0.3) is 0 Å². The Morgan fingerprint density at radius 1 is 1.39 bits per heavy atom. The summed E-state index contributed by atoms with van der Waals surface area (Å²) in [6.45, 7) is 6.57. The SMILES string of the molecule is CS/C=C\C=C\CN(C[C@@H](NC(=O)NCO)C(C)(C)C)S(C)=O. The van der Waals surface area contributed by atoms with Gasteiger partial charge in [0.05, 0.1) is 11.0 Å². The second-order valence-corrected chi connectivity index (χ2v) is 8.10. The Morgan fingerprint density at radius 3 is 2.52 bits per heavy atom. The first-order valence-corrected chi connectivity index (χ1v) is 10.1. The van der Waals surface area contributed by atoms with Crippen molar-refractivity contribution < 1.29 is 14.1 Å². The van der Waals surface area contributed by atoms with Crippen molar-refractivity contribution in [3.63, 3.8) is 0 Å². The highest BCUT2D eigenvalue weighted by Crippen LogP contribution is 2.20. The van der Waals surface area contributed by atoms with Crippen LogP contribution in [0.4, 0.5) is 4.79 Å². The normalized spacial score (nSPS) is 15.3. The lowest BCUT2D eigenvalue weighted by Crippen LogP contribution is -2.53. The maximum Gasteiger partial charge on any atom is 0.316 e. The van der Waals surface area contributed by atoms with Crippen LogP contribution >= 0.6 is 11.8 Å². The summed E-state index contributed by atoms with van der Waals surface area (Å²) in [6.07, 6.45) is 9.37. The fourth-order valence-electron chi connectivity index (χ4n) is 1.69. The van der Waals surface area contributed by atoms with Crippen molar-refractivity contribution >= 4 is 28.8 Å². The van der Waals surface area contributed by atoms with Gasteiger partial charge in [0.15, 0.2) is 0 Å². The van der Waals surface area contributed by atoms with Gasteiger partial charge < -0.3 is 15.7 Å². The molecule has 2 atom stereocenters.